The molecule has 0 spiro atoms. The molecule has 0 N–H and O–H groups in total. The topological polar surface area (TPSA) is 121 Å². The Bertz CT molecular complexity index is 1280. The number of benzene rings is 3. The van der Waals surface area contributed by atoms with Gasteiger partial charge in [-0.3, -0.25) is 24.7 Å². The first kappa shape index (κ1) is 29.4. The maximum absolute atomic E-state index is 12.7. The lowest BCUT2D eigenvalue weighted by Gasteiger charge is -2.26. The second kappa shape index (κ2) is 14.2. The Morgan fingerprint density at radius 2 is 1.49 bits per heavy atom. The molecule has 10 heteroatoms. The number of methoxy groups -OCH3 is 2. The van der Waals surface area contributed by atoms with Crippen molar-refractivity contribution in [3.8, 4) is 0 Å². The van der Waals surface area contributed by atoms with E-state index < -0.39 is 28.7 Å². The van der Waals surface area contributed by atoms with E-state index in [0.29, 0.717) is 18.7 Å². The molecule has 10 nitrogen and oxygen atoms in total. The van der Waals surface area contributed by atoms with Gasteiger partial charge in [0.1, 0.15) is 6.10 Å². The molecule has 3 aromatic carbocycles. The zero-order chi connectivity index (χ0) is 29.2. The van der Waals surface area contributed by atoms with Gasteiger partial charge in [0.2, 0.25) is 0 Å². The van der Waals surface area contributed by atoms with E-state index >= 15 is 0 Å². The summed E-state index contributed by atoms with van der Waals surface area (Å²) in [5.74, 6) is -3.80. The van der Waals surface area contributed by atoms with Gasteiger partial charge in [0.05, 0.1) is 31.8 Å². The number of nitro groups is 1. The average Bonchev–Trinajstić information content (AvgIpc) is 3.47. The molecule has 41 heavy (non-hydrogen) atoms. The Hall–Kier alpha value is -4.57. The highest BCUT2D eigenvalue weighted by Gasteiger charge is 2.38. The fourth-order valence-corrected chi connectivity index (χ4v) is 4.97. The largest absolute Gasteiger partial charge is 0.468 e. The van der Waals surface area contributed by atoms with Gasteiger partial charge in [0, 0.05) is 30.8 Å². The fraction of sp³-hybridized carbons (Fsp3) is 0.323. The quantitative estimate of drug-likeness (QED) is 0.101. The van der Waals surface area contributed by atoms with Gasteiger partial charge in [-0.2, -0.15) is 5.10 Å². The molecule has 0 saturated carbocycles. The summed E-state index contributed by atoms with van der Waals surface area (Å²) in [4.78, 5) is 36.0. The molecular formula is C31H33N3O7. The minimum atomic E-state index is -1.34. The van der Waals surface area contributed by atoms with E-state index in [-0.39, 0.29) is 17.8 Å². The molecule has 0 unspecified atom stereocenters. The summed E-state index contributed by atoms with van der Waals surface area (Å²) < 4.78 is 16.3. The van der Waals surface area contributed by atoms with Crippen LogP contribution in [0.3, 0.4) is 0 Å². The van der Waals surface area contributed by atoms with Crippen LogP contribution >= 0.6 is 0 Å². The van der Waals surface area contributed by atoms with Crippen LogP contribution in [0.4, 0.5) is 5.69 Å². The molecule has 0 aliphatic carbocycles. The maximum atomic E-state index is 12.7. The van der Waals surface area contributed by atoms with Gasteiger partial charge < -0.3 is 14.2 Å². The van der Waals surface area contributed by atoms with Crippen molar-refractivity contribution in [1.29, 1.82) is 0 Å². The van der Waals surface area contributed by atoms with E-state index in [9.17, 15) is 19.7 Å². The zero-order valence-corrected chi connectivity index (χ0v) is 23.0. The minimum Gasteiger partial charge on any atom is -0.468 e. The van der Waals surface area contributed by atoms with Crippen molar-refractivity contribution in [3.05, 3.63) is 112 Å². The highest BCUT2D eigenvalue weighted by molar-refractivity contribution is 5.99. The van der Waals surface area contributed by atoms with Gasteiger partial charge in [-0.25, -0.2) is 0 Å². The van der Waals surface area contributed by atoms with E-state index in [1.807, 2.05) is 65.7 Å². The summed E-state index contributed by atoms with van der Waals surface area (Å²) >= 11 is 0. The Morgan fingerprint density at radius 1 is 0.927 bits per heavy atom. The second-order valence-corrected chi connectivity index (χ2v) is 9.66. The number of esters is 2. The van der Waals surface area contributed by atoms with E-state index in [0.717, 1.165) is 24.0 Å². The third kappa shape index (κ3) is 7.34. The number of hydrazone groups is 1. The van der Waals surface area contributed by atoms with Crippen molar-refractivity contribution >= 4 is 23.8 Å². The number of nitrogens with zero attached hydrogens (tertiary/aromatic N) is 3. The molecule has 1 heterocycles. The van der Waals surface area contributed by atoms with Gasteiger partial charge in [-0.15, -0.1) is 0 Å². The highest BCUT2D eigenvalue weighted by Crippen LogP contribution is 2.30. The number of hydrogen-bond donors (Lipinski definition) is 0. The Labute approximate surface area is 238 Å². The van der Waals surface area contributed by atoms with Gasteiger partial charge >= 0.3 is 11.9 Å². The van der Waals surface area contributed by atoms with E-state index in [1.54, 1.807) is 0 Å². The first-order chi connectivity index (χ1) is 19.9. The zero-order valence-electron chi connectivity index (χ0n) is 23.0. The summed E-state index contributed by atoms with van der Waals surface area (Å²) in [5, 5.41) is 17.8. The summed E-state index contributed by atoms with van der Waals surface area (Å²) in [6.07, 6.45) is 3.02. The van der Waals surface area contributed by atoms with Crippen molar-refractivity contribution in [1.82, 2.24) is 5.01 Å². The maximum Gasteiger partial charge on any atom is 0.321 e. The number of hydrogen-bond acceptors (Lipinski definition) is 9. The molecular weight excluding hydrogens is 526 g/mol. The van der Waals surface area contributed by atoms with Crippen LogP contribution in [0.15, 0.2) is 90.0 Å². The van der Waals surface area contributed by atoms with Gasteiger partial charge in [0.25, 0.3) is 5.69 Å². The molecule has 3 aromatic rings. The summed E-state index contributed by atoms with van der Waals surface area (Å²) in [6.45, 7) is 1.07. The van der Waals surface area contributed by atoms with Crippen LogP contribution in [0, 0.1) is 16.0 Å². The molecule has 0 aromatic heterocycles. The number of non-ortho nitro benzene ring substituents is 1. The number of ether oxygens (including phenoxy) is 3. The van der Waals surface area contributed by atoms with E-state index in [4.69, 9.17) is 19.3 Å². The smallest absolute Gasteiger partial charge is 0.321 e. The summed E-state index contributed by atoms with van der Waals surface area (Å²) in [7, 11) is 2.37. The van der Waals surface area contributed by atoms with Crippen molar-refractivity contribution in [2.75, 3.05) is 27.4 Å². The molecule has 1 fully saturated rings. The fourth-order valence-electron chi connectivity index (χ4n) is 4.97. The highest BCUT2D eigenvalue weighted by atomic mass is 16.6. The predicted molar refractivity (Wildman–Crippen MR) is 152 cm³/mol. The number of nitro benzene ring substituents is 1. The Balaban J connectivity index is 1.57. The van der Waals surface area contributed by atoms with Gasteiger partial charge in [-0.05, 0) is 29.5 Å². The molecule has 2 atom stereocenters. The van der Waals surface area contributed by atoms with Crippen molar-refractivity contribution in [3.63, 3.8) is 0 Å². The third-order valence-electron chi connectivity index (χ3n) is 7.14. The molecule has 0 amide bonds. The van der Waals surface area contributed by atoms with Crippen molar-refractivity contribution in [2.24, 2.45) is 11.0 Å². The second-order valence-electron chi connectivity index (χ2n) is 9.66. The lowest BCUT2D eigenvalue weighted by atomic mass is 9.86. The van der Waals surface area contributed by atoms with Crippen LogP contribution in [0.1, 0.15) is 41.6 Å². The number of carbonyl (C=O) groups excluding carboxylic acids is 2. The average molecular weight is 560 g/mol. The predicted octanol–water partition coefficient (Wildman–Crippen LogP) is 4.90. The minimum absolute atomic E-state index is 0.0339. The SMILES string of the molecule is COC(=O)C(C(=O)OC)[C@H](/C=N/N1CCC[C@H]1COC(c1ccccc1)c1ccccc1)c1ccc([N+](=O)[O-])cc1. The molecule has 4 rings (SSSR count). The van der Waals surface area contributed by atoms with E-state index in [2.05, 4.69) is 0 Å². The van der Waals surface area contributed by atoms with Crippen LogP contribution in [0.5, 0.6) is 0 Å². The molecule has 1 aliphatic heterocycles. The standard InChI is InChI=1S/C31H33N3O7/c1-39-30(35)28(31(36)40-2)27(22-15-17-25(18-16-22)34(37)38)20-32-33-19-9-14-26(33)21-41-29(23-10-5-3-6-11-23)24-12-7-4-8-13-24/h3-8,10-13,15-18,20,26-29H,9,14,19,21H2,1-2H3/b32-20+/t26-,27+/m0/s1. The molecule has 1 saturated heterocycles. The van der Waals surface area contributed by atoms with Crippen molar-refractivity contribution < 1.29 is 28.7 Å². The number of carbonyl (C=O) groups is 2. The van der Waals surface area contributed by atoms with Crippen molar-refractivity contribution in [2.45, 2.75) is 30.9 Å². The number of rotatable bonds is 12. The Morgan fingerprint density at radius 3 is 2.00 bits per heavy atom. The van der Waals surface area contributed by atoms with Crippen LogP contribution in [0.25, 0.3) is 0 Å². The van der Waals surface area contributed by atoms with E-state index in [1.165, 1.54) is 44.7 Å². The summed E-state index contributed by atoms with van der Waals surface area (Å²) in [5.41, 5.74) is 2.47. The van der Waals surface area contributed by atoms with Gasteiger partial charge in [0.15, 0.2) is 5.92 Å². The summed E-state index contributed by atoms with van der Waals surface area (Å²) in [6, 6.07) is 25.6. The Kier molecular flexibility index (Phi) is 10.2. The third-order valence-corrected chi connectivity index (χ3v) is 7.14. The molecule has 0 radical (unpaired) electrons. The monoisotopic (exact) mass is 559 g/mol. The normalized spacial score (nSPS) is 15.8. The lowest BCUT2D eigenvalue weighted by molar-refractivity contribution is -0.384. The van der Waals surface area contributed by atoms with Crippen LogP contribution < -0.4 is 0 Å². The first-order valence-electron chi connectivity index (χ1n) is 13.3. The van der Waals surface area contributed by atoms with Crippen LogP contribution in [-0.2, 0) is 23.8 Å². The van der Waals surface area contributed by atoms with Crippen LogP contribution in [0.2, 0.25) is 0 Å². The van der Waals surface area contributed by atoms with Gasteiger partial charge in [-0.1, -0.05) is 72.8 Å². The molecule has 0 bridgehead atoms. The molecule has 214 valence electrons. The first-order valence-corrected chi connectivity index (χ1v) is 13.3. The van der Waals surface area contributed by atoms with Crippen LogP contribution in [-0.4, -0.2) is 61.5 Å². The molecule has 1 aliphatic rings. The lowest BCUT2D eigenvalue weighted by Crippen LogP contribution is -2.34.